The zero-order valence-electron chi connectivity index (χ0n) is 19.2. The number of ether oxygens (including phenoxy) is 1. The molecular formula is C24H31N7O3. The van der Waals surface area contributed by atoms with E-state index in [1.54, 1.807) is 11.7 Å². The zero-order chi connectivity index (χ0) is 23.6. The van der Waals surface area contributed by atoms with Gasteiger partial charge in [0.25, 0.3) is 0 Å². The van der Waals surface area contributed by atoms with Gasteiger partial charge in [-0.15, -0.1) is 5.10 Å². The summed E-state index contributed by atoms with van der Waals surface area (Å²) in [5, 5.41) is 20.3. The normalized spacial score (nSPS) is 13.7. The number of hydroxylamine groups is 1. The molecule has 0 spiro atoms. The molecule has 1 aliphatic rings. The minimum absolute atomic E-state index is 0.339. The van der Waals surface area contributed by atoms with Gasteiger partial charge in [0.15, 0.2) is 0 Å². The van der Waals surface area contributed by atoms with E-state index in [0.29, 0.717) is 25.0 Å². The van der Waals surface area contributed by atoms with Gasteiger partial charge in [-0.25, -0.2) is 20.1 Å². The summed E-state index contributed by atoms with van der Waals surface area (Å²) in [4.78, 5) is 19.9. The lowest BCUT2D eigenvalue weighted by Crippen LogP contribution is -2.17. The van der Waals surface area contributed by atoms with Crippen molar-refractivity contribution in [3.05, 3.63) is 42.7 Å². The molecule has 10 nitrogen and oxygen atoms in total. The molecule has 1 aromatic carbocycles. The Bertz CT molecular complexity index is 1050. The zero-order valence-corrected chi connectivity index (χ0v) is 19.2. The van der Waals surface area contributed by atoms with Crippen LogP contribution in [0.1, 0.15) is 63.8 Å². The van der Waals surface area contributed by atoms with E-state index in [1.807, 2.05) is 41.2 Å². The van der Waals surface area contributed by atoms with E-state index < -0.39 is 0 Å². The first-order valence-electron chi connectivity index (χ1n) is 11.9. The fraction of sp³-hybridized carbons (Fsp3) is 0.458. The van der Waals surface area contributed by atoms with Crippen LogP contribution in [0.5, 0.6) is 5.75 Å². The molecule has 4 rings (SSSR count). The third-order valence-electron chi connectivity index (χ3n) is 5.93. The highest BCUT2D eigenvalue weighted by Gasteiger charge is 2.19. The lowest BCUT2D eigenvalue weighted by Gasteiger charge is -2.09. The topological polar surface area (TPSA) is 127 Å². The Morgan fingerprint density at radius 3 is 2.65 bits per heavy atom. The predicted molar refractivity (Wildman–Crippen MR) is 127 cm³/mol. The Balaban J connectivity index is 1.23. The van der Waals surface area contributed by atoms with Crippen LogP contribution in [0.4, 0.5) is 11.6 Å². The maximum atomic E-state index is 11.0. The molecule has 3 aromatic rings. The van der Waals surface area contributed by atoms with Crippen molar-refractivity contribution in [2.45, 2.75) is 63.8 Å². The van der Waals surface area contributed by atoms with Crippen LogP contribution < -0.4 is 15.5 Å². The molecule has 34 heavy (non-hydrogen) atoms. The third-order valence-corrected chi connectivity index (χ3v) is 5.93. The summed E-state index contributed by atoms with van der Waals surface area (Å²) in [5.74, 6) is 0.953. The molecular weight excluding hydrogens is 434 g/mol. The number of carbonyl (C=O) groups is 1. The number of hydrogen-bond donors (Lipinski definition) is 3. The van der Waals surface area contributed by atoms with Crippen LogP contribution in [0.25, 0.3) is 11.4 Å². The van der Waals surface area contributed by atoms with Crippen LogP contribution in [-0.2, 0) is 4.79 Å². The van der Waals surface area contributed by atoms with Crippen LogP contribution in [0.2, 0.25) is 0 Å². The van der Waals surface area contributed by atoms with Crippen molar-refractivity contribution in [3.8, 4) is 17.1 Å². The summed E-state index contributed by atoms with van der Waals surface area (Å²) in [6.45, 7) is 0.617. The lowest BCUT2D eigenvalue weighted by atomic mass is 10.1. The number of unbranched alkanes of at least 4 members (excludes halogenated alkanes) is 3. The Labute approximate surface area is 198 Å². The molecule has 10 heteroatoms. The molecule has 2 aromatic heterocycles. The van der Waals surface area contributed by atoms with Crippen LogP contribution >= 0.6 is 0 Å². The van der Waals surface area contributed by atoms with Gasteiger partial charge < -0.3 is 10.1 Å². The minimum Gasteiger partial charge on any atom is -0.494 e. The Morgan fingerprint density at radius 1 is 1.06 bits per heavy atom. The number of anilines is 2. The van der Waals surface area contributed by atoms with Gasteiger partial charge in [-0.1, -0.05) is 30.9 Å². The Kier molecular flexibility index (Phi) is 8.39. The number of carbonyl (C=O) groups excluding carboxylic acids is 1. The summed E-state index contributed by atoms with van der Waals surface area (Å²) in [6.07, 6.45) is 12.4. The van der Waals surface area contributed by atoms with Crippen molar-refractivity contribution in [2.24, 2.45) is 0 Å². The minimum atomic E-state index is -0.339. The Morgan fingerprint density at radius 2 is 1.85 bits per heavy atom. The highest BCUT2D eigenvalue weighted by Crippen LogP contribution is 2.29. The van der Waals surface area contributed by atoms with Gasteiger partial charge in [0, 0.05) is 18.3 Å². The van der Waals surface area contributed by atoms with Gasteiger partial charge in [-0.2, -0.15) is 0 Å². The number of amides is 1. The van der Waals surface area contributed by atoms with E-state index in [0.717, 1.165) is 61.3 Å². The van der Waals surface area contributed by atoms with Gasteiger partial charge in [-0.05, 0) is 56.0 Å². The van der Waals surface area contributed by atoms with Crippen LogP contribution in [0.15, 0.2) is 42.7 Å². The molecule has 1 amide bonds. The maximum absolute atomic E-state index is 11.0. The van der Waals surface area contributed by atoms with E-state index in [9.17, 15) is 4.79 Å². The highest BCUT2D eigenvalue weighted by atomic mass is 16.5. The number of hydrogen-bond acceptors (Lipinski definition) is 8. The molecule has 0 saturated heterocycles. The average Bonchev–Trinajstić information content (AvgIpc) is 3.57. The monoisotopic (exact) mass is 465 g/mol. The third kappa shape index (κ3) is 6.74. The van der Waals surface area contributed by atoms with Gasteiger partial charge >= 0.3 is 0 Å². The predicted octanol–water partition coefficient (Wildman–Crippen LogP) is 4.43. The summed E-state index contributed by atoms with van der Waals surface area (Å²) in [6, 6.07) is 9.95. The van der Waals surface area contributed by atoms with Gasteiger partial charge in [0.2, 0.25) is 11.9 Å². The standard InChI is InChI=1S/C24H31N7O3/c32-23(29-33)9-3-1-2-6-16-34-20-12-10-18(11-13-20)26-24-25-15-14-21(27-24)22-17-31(30-28-22)19-7-4-5-8-19/h10-15,17,19,33H,1-9,16H2,(H,29,32)(H,25,26,27). The maximum Gasteiger partial charge on any atom is 0.243 e. The van der Waals surface area contributed by atoms with Crippen molar-refractivity contribution in [3.63, 3.8) is 0 Å². The molecule has 0 atom stereocenters. The van der Waals surface area contributed by atoms with Crippen LogP contribution in [-0.4, -0.2) is 42.7 Å². The average molecular weight is 466 g/mol. The number of nitrogens with zero attached hydrogens (tertiary/aromatic N) is 5. The van der Waals surface area contributed by atoms with Gasteiger partial charge in [0.05, 0.1) is 24.5 Å². The van der Waals surface area contributed by atoms with Crippen LogP contribution in [0.3, 0.4) is 0 Å². The second-order valence-corrected chi connectivity index (χ2v) is 8.48. The quantitative estimate of drug-likeness (QED) is 0.204. The summed E-state index contributed by atoms with van der Waals surface area (Å²) >= 11 is 0. The molecule has 0 bridgehead atoms. The molecule has 1 fully saturated rings. The molecule has 0 aliphatic heterocycles. The first kappa shape index (κ1) is 23.6. The van der Waals surface area contributed by atoms with Crippen molar-refractivity contribution in [1.29, 1.82) is 0 Å². The first-order chi connectivity index (χ1) is 16.7. The van der Waals surface area contributed by atoms with E-state index in [-0.39, 0.29) is 5.91 Å². The van der Waals surface area contributed by atoms with Gasteiger partial charge in [0.1, 0.15) is 11.4 Å². The fourth-order valence-corrected chi connectivity index (χ4v) is 4.05. The van der Waals surface area contributed by atoms with Crippen molar-refractivity contribution in [1.82, 2.24) is 30.4 Å². The smallest absolute Gasteiger partial charge is 0.243 e. The lowest BCUT2D eigenvalue weighted by molar-refractivity contribution is -0.129. The van der Waals surface area contributed by atoms with Crippen molar-refractivity contribution in [2.75, 3.05) is 11.9 Å². The molecule has 0 unspecified atom stereocenters. The van der Waals surface area contributed by atoms with Crippen LogP contribution in [0, 0.1) is 0 Å². The number of benzene rings is 1. The first-order valence-corrected chi connectivity index (χ1v) is 11.9. The molecule has 1 saturated carbocycles. The number of nitrogens with one attached hydrogen (secondary N) is 2. The second kappa shape index (κ2) is 12.1. The second-order valence-electron chi connectivity index (χ2n) is 8.48. The Hall–Kier alpha value is -3.53. The summed E-state index contributed by atoms with van der Waals surface area (Å²) in [5.41, 5.74) is 3.99. The summed E-state index contributed by atoms with van der Waals surface area (Å²) < 4.78 is 7.75. The number of aromatic nitrogens is 5. The molecule has 180 valence electrons. The van der Waals surface area contributed by atoms with E-state index in [4.69, 9.17) is 9.94 Å². The molecule has 0 radical (unpaired) electrons. The molecule has 1 aliphatic carbocycles. The highest BCUT2D eigenvalue weighted by molar-refractivity contribution is 5.74. The molecule has 3 N–H and O–H groups in total. The van der Waals surface area contributed by atoms with E-state index in [2.05, 4.69) is 25.6 Å². The molecule has 2 heterocycles. The summed E-state index contributed by atoms with van der Waals surface area (Å²) in [7, 11) is 0. The fourth-order valence-electron chi connectivity index (χ4n) is 4.05. The largest absolute Gasteiger partial charge is 0.494 e. The van der Waals surface area contributed by atoms with Crippen molar-refractivity contribution >= 4 is 17.5 Å². The van der Waals surface area contributed by atoms with E-state index >= 15 is 0 Å². The van der Waals surface area contributed by atoms with Gasteiger partial charge in [-0.3, -0.25) is 10.0 Å². The van der Waals surface area contributed by atoms with Crippen molar-refractivity contribution < 1.29 is 14.7 Å². The SMILES string of the molecule is O=C(CCCCCCOc1ccc(Nc2nccc(-c3cn(C4CCCC4)nn3)n2)cc1)NO. The number of rotatable bonds is 12. The van der Waals surface area contributed by atoms with E-state index in [1.165, 1.54) is 12.8 Å².